The number of aliphatic hydroxyl groups excluding tert-OH is 1. The number of hydrogen-bond donors (Lipinski definition) is 2. The number of rotatable bonds is 7. The summed E-state index contributed by atoms with van der Waals surface area (Å²) in [5.41, 5.74) is 1.19. The van der Waals surface area contributed by atoms with Crippen LogP contribution in [-0.4, -0.2) is 36.1 Å². The molecule has 1 heterocycles. The van der Waals surface area contributed by atoms with E-state index in [-0.39, 0.29) is 13.2 Å². The van der Waals surface area contributed by atoms with Gasteiger partial charge in [0.2, 0.25) is 0 Å². The number of azo groups is 1. The Balaban J connectivity index is 2.16. The Kier molecular flexibility index (Phi) is 5.02. The van der Waals surface area contributed by atoms with Crippen LogP contribution in [0.2, 0.25) is 0 Å². The first-order chi connectivity index (χ1) is 9.71. The van der Waals surface area contributed by atoms with E-state index in [0.29, 0.717) is 30.8 Å². The van der Waals surface area contributed by atoms with Gasteiger partial charge in [-0.25, -0.2) is 0 Å². The molecular formula is C13H19N3O4. The molecule has 0 saturated heterocycles. The fraction of sp³-hybridized carbons (Fsp3) is 0.538. The molecule has 1 unspecified atom stereocenters. The van der Waals surface area contributed by atoms with Crippen molar-refractivity contribution >= 4 is 11.4 Å². The fourth-order valence-corrected chi connectivity index (χ4v) is 1.83. The SMILES string of the molecule is CCON1c2ccccc2N=NC1(O)OCCCCO. The second-order valence-electron chi connectivity index (χ2n) is 4.25. The van der Waals surface area contributed by atoms with Crippen molar-refractivity contribution in [2.24, 2.45) is 10.2 Å². The lowest BCUT2D eigenvalue weighted by Gasteiger charge is -2.37. The molecule has 1 aliphatic heterocycles. The molecule has 0 bridgehead atoms. The van der Waals surface area contributed by atoms with Crippen LogP contribution >= 0.6 is 0 Å². The summed E-state index contributed by atoms with van der Waals surface area (Å²) >= 11 is 0. The van der Waals surface area contributed by atoms with E-state index in [1.165, 1.54) is 5.06 Å². The monoisotopic (exact) mass is 281 g/mol. The summed E-state index contributed by atoms with van der Waals surface area (Å²) in [6, 6.07) is 5.22. The molecule has 0 spiro atoms. The molecule has 1 aromatic carbocycles. The van der Waals surface area contributed by atoms with E-state index >= 15 is 0 Å². The van der Waals surface area contributed by atoms with Crippen LogP contribution in [0.3, 0.4) is 0 Å². The highest BCUT2D eigenvalue weighted by atomic mass is 16.8. The first-order valence-electron chi connectivity index (χ1n) is 6.63. The van der Waals surface area contributed by atoms with Crippen LogP contribution in [0.4, 0.5) is 11.4 Å². The number of unbranched alkanes of at least 4 members (excludes halogenated alkanes) is 1. The predicted octanol–water partition coefficient (Wildman–Crippen LogP) is 1.93. The van der Waals surface area contributed by atoms with E-state index in [1.807, 2.05) is 12.1 Å². The molecule has 1 aliphatic rings. The lowest BCUT2D eigenvalue weighted by atomic mass is 10.2. The highest BCUT2D eigenvalue weighted by Crippen LogP contribution is 2.38. The van der Waals surface area contributed by atoms with Crippen molar-refractivity contribution in [2.75, 3.05) is 24.9 Å². The minimum atomic E-state index is -1.97. The average molecular weight is 281 g/mol. The summed E-state index contributed by atoms with van der Waals surface area (Å²) in [7, 11) is 0. The number of hydrogen-bond acceptors (Lipinski definition) is 7. The Bertz CT molecular complexity index is 469. The Morgan fingerprint density at radius 1 is 1.30 bits per heavy atom. The first-order valence-corrected chi connectivity index (χ1v) is 6.63. The Morgan fingerprint density at radius 3 is 2.85 bits per heavy atom. The number of para-hydroxylation sites is 1. The minimum Gasteiger partial charge on any atom is -0.396 e. The van der Waals surface area contributed by atoms with Crippen molar-refractivity contribution in [1.82, 2.24) is 0 Å². The van der Waals surface area contributed by atoms with Gasteiger partial charge in [0, 0.05) is 6.61 Å². The second kappa shape index (κ2) is 6.76. The summed E-state index contributed by atoms with van der Waals surface area (Å²) in [5.74, 6) is 0. The molecule has 2 rings (SSSR count). The van der Waals surface area contributed by atoms with Gasteiger partial charge in [0.1, 0.15) is 5.69 Å². The van der Waals surface area contributed by atoms with Crippen LogP contribution in [0.25, 0.3) is 0 Å². The van der Waals surface area contributed by atoms with E-state index in [1.54, 1.807) is 19.1 Å². The Hall–Kier alpha value is -1.54. The molecule has 0 fully saturated rings. The molecule has 0 saturated carbocycles. The van der Waals surface area contributed by atoms with Crippen molar-refractivity contribution in [3.63, 3.8) is 0 Å². The van der Waals surface area contributed by atoms with Gasteiger partial charge in [-0.05, 0) is 31.9 Å². The molecule has 0 aromatic heterocycles. The lowest BCUT2D eigenvalue weighted by molar-refractivity contribution is -0.245. The topological polar surface area (TPSA) is 86.9 Å². The first kappa shape index (κ1) is 14.9. The van der Waals surface area contributed by atoms with Gasteiger partial charge in [-0.3, -0.25) is 4.84 Å². The summed E-state index contributed by atoms with van der Waals surface area (Å²) in [4.78, 5) is 5.44. The summed E-state index contributed by atoms with van der Waals surface area (Å²) < 4.78 is 5.38. The number of nitrogens with zero attached hydrogens (tertiary/aromatic N) is 3. The third-order valence-corrected chi connectivity index (χ3v) is 2.76. The zero-order valence-corrected chi connectivity index (χ0v) is 11.4. The molecule has 7 nitrogen and oxygen atoms in total. The van der Waals surface area contributed by atoms with Gasteiger partial charge in [0.25, 0.3) is 0 Å². The number of hydroxylamine groups is 1. The van der Waals surface area contributed by atoms with Gasteiger partial charge < -0.3 is 14.9 Å². The molecular weight excluding hydrogens is 262 g/mol. The highest BCUT2D eigenvalue weighted by Gasteiger charge is 2.42. The van der Waals surface area contributed by atoms with Gasteiger partial charge in [-0.1, -0.05) is 17.2 Å². The molecule has 2 N–H and O–H groups in total. The third kappa shape index (κ3) is 3.13. The smallest absolute Gasteiger partial charge is 0.396 e. The van der Waals surface area contributed by atoms with Crippen molar-refractivity contribution in [2.45, 2.75) is 25.8 Å². The van der Waals surface area contributed by atoms with Gasteiger partial charge in [-0.2, -0.15) is 5.06 Å². The summed E-state index contributed by atoms with van der Waals surface area (Å²) in [5, 5.41) is 28.2. The molecule has 1 atom stereocenters. The van der Waals surface area contributed by atoms with E-state index in [4.69, 9.17) is 14.7 Å². The molecule has 20 heavy (non-hydrogen) atoms. The minimum absolute atomic E-state index is 0.0846. The molecule has 1 aromatic rings. The fourth-order valence-electron chi connectivity index (χ4n) is 1.83. The average Bonchev–Trinajstić information content (AvgIpc) is 2.47. The molecule has 0 radical (unpaired) electrons. The van der Waals surface area contributed by atoms with E-state index in [0.717, 1.165) is 0 Å². The number of aliphatic hydroxyl groups is 2. The van der Waals surface area contributed by atoms with Crippen molar-refractivity contribution in [1.29, 1.82) is 0 Å². The van der Waals surface area contributed by atoms with Crippen molar-refractivity contribution < 1.29 is 19.8 Å². The summed E-state index contributed by atoms with van der Waals surface area (Å²) in [6.07, 6.45) is 1.20. The molecule has 110 valence electrons. The van der Waals surface area contributed by atoms with Gasteiger partial charge in [0.05, 0.1) is 18.9 Å². The number of fused-ring (bicyclic) bond motifs is 1. The van der Waals surface area contributed by atoms with E-state index in [2.05, 4.69) is 10.2 Å². The zero-order valence-electron chi connectivity index (χ0n) is 11.4. The van der Waals surface area contributed by atoms with Crippen LogP contribution in [0.5, 0.6) is 0 Å². The quantitative estimate of drug-likeness (QED) is 0.589. The van der Waals surface area contributed by atoms with Crippen molar-refractivity contribution in [3.05, 3.63) is 24.3 Å². The number of anilines is 1. The van der Waals surface area contributed by atoms with Crippen LogP contribution in [0, 0.1) is 0 Å². The standard InChI is InChI=1S/C13H19N3O4/c1-2-20-16-12-8-4-3-7-11(12)14-15-13(16,18)19-10-6-5-9-17/h3-4,7-8,17-18H,2,5-6,9-10H2,1H3. The van der Waals surface area contributed by atoms with E-state index < -0.39 is 6.03 Å². The number of benzene rings is 1. The van der Waals surface area contributed by atoms with Gasteiger partial charge >= 0.3 is 6.03 Å². The Morgan fingerprint density at radius 2 is 2.10 bits per heavy atom. The second-order valence-corrected chi connectivity index (χ2v) is 4.25. The maximum absolute atomic E-state index is 10.5. The van der Waals surface area contributed by atoms with E-state index in [9.17, 15) is 5.11 Å². The van der Waals surface area contributed by atoms with Crippen molar-refractivity contribution in [3.8, 4) is 0 Å². The maximum atomic E-state index is 10.5. The highest BCUT2D eigenvalue weighted by molar-refractivity contribution is 5.66. The van der Waals surface area contributed by atoms with Crippen LogP contribution in [0.15, 0.2) is 34.5 Å². The van der Waals surface area contributed by atoms with Gasteiger partial charge in [-0.15, -0.1) is 5.11 Å². The predicted molar refractivity (Wildman–Crippen MR) is 72.3 cm³/mol. The van der Waals surface area contributed by atoms with Crippen LogP contribution in [0.1, 0.15) is 19.8 Å². The van der Waals surface area contributed by atoms with Gasteiger partial charge in [0.15, 0.2) is 0 Å². The van der Waals surface area contributed by atoms with Crippen LogP contribution in [-0.2, 0) is 9.57 Å². The third-order valence-electron chi connectivity index (χ3n) is 2.76. The number of ether oxygens (including phenoxy) is 1. The summed E-state index contributed by atoms with van der Waals surface area (Å²) in [6.45, 7) is 2.48. The largest absolute Gasteiger partial charge is 0.399 e. The lowest BCUT2D eigenvalue weighted by Crippen LogP contribution is -2.51. The normalized spacial score (nSPS) is 21.1. The Labute approximate surface area is 117 Å². The molecule has 0 aliphatic carbocycles. The maximum Gasteiger partial charge on any atom is 0.399 e. The molecule has 0 amide bonds. The zero-order chi connectivity index (χ0) is 14.4. The molecule has 7 heteroatoms. The van der Waals surface area contributed by atoms with Crippen LogP contribution < -0.4 is 5.06 Å².